The SMILES string of the molecule is Nc1ccc(N2CCCOCC2)c2ncc(Br)cc12. The number of nitrogens with two attached hydrogens (primary N) is 1. The second-order valence-electron chi connectivity index (χ2n) is 4.68. The van der Waals surface area contributed by atoms with E-state index in [0.717, 1.165) is 59.5 Å². The summed E-state index contributed by atoms with van der Waals surface area (Å²) >= 11 is 3.45. The Morgan fingerprint density at radius 2 is 2.16 bits per heavy atom. The molecule has 0 aliphatic carbocycles. The lowest BCUT2D eigenvalue weighted by Gasteiger charge is -2.23. The average Bonchev–Trinajstić information content (AvgIpc) is 2.69. The molecule has 0 unspecified atom stereocenters. The summed E-state index contributed by atoms with van der Waals surface area (Å²) in [6, 6.07) is 6.04. The number of rotatable bonds is 1. The van der Waals surface area contributed by atoms with Crippen molar-refractivity contribution in [3.05, 3.63) is 28.9 Å². The lowest BCUT2D eigenvalue weighted by atomic mass is 10.1. The summed E-state index contributed by atoms with van der Waals surface area (Å²) in [4.78, 5) is 6.87. The number of aromatic nitrogens is 1. The summed E-state index contributed by atoms with van der Waals surface area (Å²) in [6.07, 6.45) is 2.86. The fourth-order valence-electron chi connectivity index (χ4n) is 2.44. The Morgan fingerprint density at radius 3 is 3.05 bits per heavy atom. The van der Waals surface area contributed by atoms with Gasteiger partial charge in [0.15, 0.2) is 0 Å². The molecule has 5 heteroatoms. The van der Waals surface area contributed by atoms with Crippen LogP contribution in [-0.4, -0.2) is 31.3 Å². The highest BCUT2D eigenvalue weighted by Gasteiger charge is 2.14. The molecule has 1 saturated heterocycles. The van der Waals surface area contributed by atoms with Crippen molar-refractivity contribution in [2.45, 2.75) is 6.42 Å². The van der Waals surface area contributed by atoms with E-state index in [1.165, 1.54) is 0 Å². The number of nitrogen functional groups attached to an aromatic ring is 1. The van der Waals surface area contributed by atoms with Crippen LogP contribution in [0.4, 0.5) is 11.4 Å². The Balaban J connectivity index is 2.10. The van der Waals surface area contributed by atoms with E-state index in [-0.39, 0.29) is 0 Å². The predicted octanol–water partition coefficient (Wildman–Crippen LogP) is 2.81. The second kappa shape index (κ2) is 5.35. The van der Waals surface area contributed by atoms with Crippen LogP contribution in [0.3, 0.4) is 0 Å². The van der Waals surface area contributed by atoms with Gasteiger partial charge in [-0.3, -0.25) is 4.98 Å². The Labute approximate surface area is 120 Å². The molecule has 0 saturated carbocycles. The molecule has 1 fully saturated rings. The summed E-state index contributed by atoms with van der Waals surface area (Å²) < 4.78 is 6.45. The van der Waals surface area contributed by atoms with Crippen molar-refractivity contribution in [3.63, 3.8) is 0 Å². The lowest BCUT2D eigenvalue weighted by Crippen LogP contribution is -2.26. The molecule has 3 rings (SSSR count). The summed E-state index contributed by atoms with van der Waals surface area (Å²) in [7, 11) is 0. The highest BCUT2D eigenvalue weighted by atomic mass is 79.9. The van der Waals surface area contributed by atoms with Gasteiger partial charge in [0.25, 0.3) is 0 Å². The van der Waals surface area contributed by atoms with Crippen LogP contribution in [0.2, 0.25) is 0 Å². The minimum Gasteiger partial charge on any atom is -0.398 e. The zero-order chi connectivity index (χ0) is 13.2. The maximum absolute atomic E-state index is 6.05. The van der Waals surface area contributed by atoms with E-state index in [4.69, 9.17) is 10.5 Å². The zero-order valence-corrected chi connectivity index (χ0v) is 12.2. The van der Waals surface area contributed by atoms with Crippen LogP contribution >= 0.6 is 15.9 Å². The van der Waals surface area contributed by atoms with Crippen molar-refractivity contribution in [1.82, 2.24) is 4.98 Å². The number of hydrogen-bond acceptors (Lipinski definition) is 4. The summed E-state index contributed by atoms with van der Waals surface area (Å²) in [5, 5.41) is 0.997. The summed E-state index contributed by atoms with van der Waals surface area (Å²) in [6.45, 7) is 3.50. The molecular weight excluding hydrogens is 306 g/mol. The maximum Gasteiger partial charge on any atom is 0.0956 e. The molecule has 0 atom stereocenters. The van der Waals surface area contributed by atoms with E-state index in [1.807, 2.05) is 18.3 Å². The minimum atomic E-state index is 0.763. The molecule has 0 amide bonds. The van der Waals surface area contributed by atoms with Crippen molar-refractivity contribution >= 4 is 38.2 Å². The molecule has 0 spiro atoms. The number of anilines is 2. The Morgan fingerprint density at radius 1 is 1.26 bits per heavy atom. The van der Waals surface area contributed by atoms with E-state index in [1.54, 1.807) is 0 Å². The quantitative estimate of drug-likeness (QED) is 0.820. The van der Waals surface area contributed by atoms with Crippen LogP contribution in [0, 0.1) is 0 Å². The Bertz CT molecular complexity index is 595. The van der Waals surface area contributed by atoms with Gasteiger partial charge in [0.2, 0.25) is 0 Å². The van der Waals surface area contributed by atoms with Crippen molar-refractivity contribution in [3.8, 4) is 0 Å². The lowest BCUT2D eigenvalue weighted by molar-refractivity contribution is 0.152. The maximum atomic E-state index is 6.05. The molecule has 100 valence electrons. The molecule has 0 radical (unpaired) electrons. The van der Waals surface area contributed by atoms with Gasteiger partial charge in [0.1, 0.15) is 0 Å². The van der Waals surface area contributed by atoms with Crippen LogP contribution in [-0.2, 0) is 4.74 Å². The van der Waals surface area contributed by atoms with E-state index in [0.29, 0.717) is 0 Å². The summed E-state index contributed by atoms with van der Waals surface area (Å²) in [5.41, 5.74) is 8.92. The van der Waals surface area contributed by atoms with Crippen LogP contribution in [0.25, 0.3) is 10.9 Å². The normalized spacial score (nSPS) is 16.6. The van der Waals surface area contributed by atoms with E-state index >= 15 is 0 Å². The topological polar surface area (TPSA) is 51.4 Å². The smallest absolute Gasteiger partial charge is 0.0956 e. The van der Waals surface area contributed by atoms with Gasteiger partial charge in [0, 0.05) is 41.4 Å². The highest BCUT2D eigenvalue weighted by Crippen LogP contribution is 2.31. The fraction of sp³-hybridized carbons (Fsp3) is 0.357. The monoisotopic (exact) mass is 321 g/mol. The average molecular weight is 322 g/mol. The van der Waals surface area contributed by atoms with Gasteiger partial charge in [-0.2, -0.15) is 0 Å². The third-order valence-electron chi connectivity index (χ3n) is 3.39. The predicted molar refractivity (Wildman–Crippen MR) is 81.5 cm³/mol. The molecule has 0 bridgehead atoms. The number of ether oxygens (including phenoxy) is 1. The first-order valence-corrected chi connectivity index (χ1v) is 7.21. The molecule has 2 N–H and O–H groups in total. The molecule has 19 heavy (non-hydrogen) atoms. The molecule has 1 aromatic heterocycles. The molecule has 1 aromatic carbocycles. The number of nitrogens with zero attached hydrogens (tertiary/aromatic N) is 2. The van der Waals surface area contributed by atoms with Crippen LogP contribution in [0.5, 0.6) is 0 Å². The molecular formula is C14H16BrN3O. The first kappa shape index (κ1) is 12.7. The molecule has 2 heterocycles. The highest BCUT2D eigenvalue weighted by molar-refractivity contribution is 9.10. The van der Waals surface area contributed by atoms with Crippen molar-refractivity contribution < 1.29 is 4.74 Å². The minimum absolute atomic E-state index is 0.763. The molecule has 1 aliphatic rings. The second-order valence-corrected chi connectivity index (χ2v) is 5.59. The van der Waals surface area contributed by atoms with Gasteiger partial charge >= 0.3 is 0 Å². The first-order chi connectivity index (χ1) is 9.25. The van der Waals surface area contributed by atoms with Gasteiger partial charge < -0.3 is 15.4 Å². The number of pyridine rings is 1. The number of benzene rings is 1. The summed E-state index contributed by atoms with van der Waals surface area (Å²) in [5.74, 6) is 0. The van der Waals surface area contributed by atoms with Gasteiger partial charge in [-0.15, -0.1) is 0 Å². The van der Waals surface area contributed by atoms with E-state index in [2.05, 4.69) is 31.9 Å². The standard InChI is InChI=1S/C14H16BrN3O/c15-10-8-11-12(16)2-3-13(14(11)17-9-10)18-4-1-6-19-7-5-18/h2-3,8-9H,1,4-7,16H2. The van der Waals surface area contributed by atoms with Gasteiger partial charge in [-0.05, 0) is 40.5 Å². The molecule has 4 nitrogen and oxygen atoms in total. The van der Waals surface area contributed by atoms with Crippen molar-refractivity contribution in [2.75, 3.05) is 36.9 Å². The van der Waals surface area contributed by atoms with Crippen LogP contribution < -0.4 is 10.6 Å². The number of hydrogen-bond donors (Lipinski definition) is 1. The van der Waals surface area contributed by atoms with Gasteiger partial charge in [-0.25, -0.2) is 0 Å². The van der Waals surface area contributed by atoms with Crippen LogP contribution in [0.15, 0.2) is 28.9 Å². The van der Waals surface area contributed by atoms with Gasteiger partial charge in [0.05, 0.1) is 17.8 Å². The largest absolute Gasteiger partial charge is 0.398 e. The number of halogens is 1. The Kier molecular flexibility index (Phi) is 3.57. The van der Waals surface area contributed by atoms with E-state index < -0.39 is 0 Å². The molecule has 1 aliphatic heterocycles. The van der Waals surface area contributed by atoms with E-state index in [9.17, 15) is 0 Å². The fourth-order valence-corrected chi connectivity index (χ4v) is 2.77. The van der Waals surface area contributed by atoms with Crippen LogP contribution in [0.1, 0.15) is 6.42 Å². The van der Waals surface area contributed by atoms with Crippen molar-refractivity contribution in [1.29, 1.82) is 0 Å². The molecule has 2 aromatic rings. The van der Waals surface area contributed by atoms with Gasteiger partial charge in [-0.1, -0.05) is 0 Å². The zero-order valence-electron chi connectivity index (χ0n) is 10.6. The van der Waals surface area contributed by atoms with Crippen molar-refractivity contribution in [2.24, 2.45) is 0 Å². The third-order valence-corrected chi connectivity index (χ3v) is 3.83. The first-order valence-electron chi connectivity index (χ1n) is 6.42. The Hall–Kier alpha value is -1.33. The number of fused-ring (bicyclic) bond motifs is 1. The third kappa shape index (κ3) is 2.53.